The first-order valence-corrected chi connectivity index (χ1v) is 10.3. The van der Waals surface area contributed by atoms with Crippen LogP contribution in [0.3, 0.4) is 0 Å². The van der Waals surface area contributed by atoms with Crippen molar-refractivity contribution in [3.63, 3.8) is 0 Å². The minimum absolute atomic E-state index is 0.447. The van der Waals surface area contributed by atoms with Gasteiger partial charge in [-0.15, -0.1) is 11.3 Å². The van der Waals surface area contributed by atoms with E-state index in [9.17, 15) is 0 Å². The van der Waals surface area contributed by atoms with E-state index in [1.807, 2.05) is 84.2 Å². The first-order chi connectivity index (χ1) is 14.8. The van der Waals surface area contributed by atoms with Crippen LogP contribution in [0.5, 0.6) is 11.5 Å². The Balaban J connectivity index is 1.40. The van der Waals surface area contributed by atoms with E-state index in [2.05, 4.69) is 15.5 Å². The highest BCUT2D eigenvalue weighted by Gasteiger charge is 2.04. The molecule has 6 heteroatoms. The van der Waals surface area contributed by atoms with Crippen molar-refractivity contribution in [2.75, 3.05) is 12.5 Å². The molecule has 0 aliphatic rings. The number of rotatable bonds is 8. The number of nitrogens with zero attached hydrogens (tertiary/aromatic N) is 2. The number of ether oxygens (including phenoxy) is 2. The zero-order chi connectivity index (χ0) is 20.6. The molecule has 4 rings (SSSR count). The highest BCUT2D eigenvalue weighted by Crippen LogP contribution is 2.25. The third kappa shape index (κ3) is 5.04. The van der Waals surface area contributed by atoms with Gasteiger partial charge in [0, 0.05) is 16.5 Å². The van der Waals surface area contributed by atoms with Crippen LogP contribution in [0, 0.1) is 0 Å². The topological polar surface area (TPSA) is 55.7 Å². The van der Waals surface area contributed by atoms with Crippen molar-refractivity contribution in [1.82, 2.24) is 4.98 Å². The summed E-state index contributed by atoms with van der Waals surface area (Å²) in [6.45, 7) is 0.447. The Morgan fingerprint density at radius 3 is 2.70 bits per heavy atom. The Morgan fingerprint density at radius 1 is 1.00 bits per heavy atom. The number of benzene rings is 3. The first-order valence-electron chi connectivity index (χ1n) is 9.46. The highest BCUT2D eigenvalue weighted by molar-refractivity contribution is 7.14. The van der Waals surface area contributed by atoms with Crippen LogP contribution < -0.4 is 14.9 Å². The van der Waals surface area contributed by atoms with Crippen LogP contribution in [0.2, 0.25) is 0 Å². The number of thiazole rings is 1. The molecule has 30 heavy (non-hydrogen) atoms. The molecule has 0 aliphatic carbocycles. The van der Waals surface area contributed by atoms with Gasteiger partial charge in [-0.05, 0) is 29.8 Å². The van der Waals surface area contributed by atoms with Crippen LogP contribution in [0.1, 0.15) is 11.1 Å². The number of nitrogens with one attached hydrogen (secondary N) is 1. The molecular formula is C24H21N3O2S. The zero-order valence-electron chi connectivity index (χ0n) is 16.5. The molecule has 0 aliphatic heterocycles. The van der Waals surface area contributed by atoms with Gasteiger partial charge in [0.05, 0.1) is 19.0 Å². The molecule has 150 valence electrons. The van der Waals surface area contributed by atoms with Crippen molar-refractivity contribution in [3.8, 4) is 22.8 Å². The van der Waals surface area contributed by atoms with E-state index in [1.54, 1.807) is 13.3 Å². The van der Waals surface area contributed by atoms with Crippen molar-refractivity contribution in [3.05, 3.63) is 95.4 Å². The number of aromatic nitrogens is 1. The number of hydrogen-bond donors (Lipinski definition) is 1. The van der Waals surface area contributed by atoms with Gasteiger partial charge in [-0.25, -0.2) is 4.98 Å². The summed E-state index contributed by atoms with van der Waals surface area (Å²) < 4.78 is 11.3. The first kappa shape index (κ1) is 19.7. The molecule has 1 aromatic heterocycles. The van der Waals surface area contributed by atoms with Gasteiger partial charge in [-0.3, -0.25) is 5.43 Å². The smallest absolute Gasteiger partial charge is 0.203 e. The van der Waals surface area contributed by atoms with Gasteiger partial charge in [0.15, 0.2) is 0 Å². The standard InChI is InChI=1S/C24H21N3O2S/c1-28-21-12-7-8-18(14-21)16-29-23-13-6-5-11-20(23)15-25-27-24-26-22(17-30-24)19-9-3-2-4-10-19/h2-15,17H,16H2,1H3,(H,26,27). The van der Waals surface area contributed by atoms with E-state index < -0.39 is 0 Å². The molecule has 0 fully saturated rings. The molecule has 1 heterocycles. The second-order valence-electron chi connectivity index (χ2n) is 6.45. The van der Waals surface area contributed by atoms with Crippen molar-refractivity contribution in [1.29, 1.82) is 0 Å². The molecule has 1 N–H and O–H groups in total. The molecule has 0 unspecified atom stereocenters. The average Bonchev–Trinajstić information content (AvgIpc) is 3.28. The number of anilines is 1. The molecule has 4 aromatic rings. The van der Waals surface area contributed by atoms with Gasteiger partial charge in [0.1, 0.15) is 18.1 Å². The summed E-state index contributed by atoms with van der Waals surface area (Å²) in [7, 11) is 1.66. The Bertz CT molecular complexity index is 1130. The second kappa shape index (κ2) is 9.71. The van der Waals surface area contributed by atoms with E-state index in [0.29, 0.717) is 6.61 Å². The van der Waals surface area contributed by atoms with Gasteiger partial charge < -0.3 is 9.47 Å². The lowest BCUT2D eigenvalue weighted by Crippen LogP contribution is -1.99. The normalized spacial score (nSPS) is 10.8. The maximum absolute atomic E-state index is 6.00. The summed E-state index contributed by atoms with van der Waals surface area (Å²) in [6.07, 6.45) is 1.74. The lowest BCUT2D eigenvalue weighted by atomic mass is 10.2. The van der Waals surface area contributed by atoms with Gasteiger partial charge in [-0.2, -0.15) is 5.10 Å². The predicted octanol–water partition coefficient (Wildman–Crippen LogP) is 5.84. The lowest BCUT2D eigenvalue weighted by molar-refractivity contribution is 0.305. The van der Waals surface area contributed by atoms with Crippen LogP contribution in [-0.2, 0) is 6.61 Å². The average molecular weight is 416 g/mol. The number of methoxy groups -OCH3 is 1. The van der Waals surface area contributed by atoms with E-state index in [0.717, 1.165) is 39.0 Å². The summed E-state index contributed by atoms with van der Waals surface area (Å²) in [5, 5.41) is 7.08. The molecule has 0 radical (unpaired) electrons. The van der Waals surface area contributed by atoms with Crippen LogP contribution >= 0.6 is 11.3 Å². The molecular weight excluding hydrogens is 394 g/mol. The molecule has 5 nitrogen and oxygen atoms in total. The van der Waals surface area contributed by atoms with Crippen molar-refractivity contribution in [2.24, 2.45) is 5.10 Å². The maximum atomic E-state index is 6.00. The van der Waals surface area contributed by atoms with E-state index >= 15 is 0 Å². The molecule has 0 bridgehead atoms. The fraction of sp³-hybridized carbons (Fsp3) is 0.0833. The van der Waals surface area contributed by atoms with Gasteiger partial charge in [-0.1, -0.05) is 54.6 Å². The van der Waals surface area contributed by atoms with Gasteiger partial charge >= 0.3 is 0 Å². The van der Waals surface area contributed by atoms with Crippen LogP contribution in [0.4, 0.5) is 5.13 Å². The molecule has 0 saturated heterocycles. The van der Waals surface area contributed by atoms with Gasteiger partial charge in [0.25, 0.3) is 0 Å². The van der Waals surface area contributed by atoms with E-state index in [1.165, 1.54) is 11.3 Å². The lowest BCUT2D eigenvalue weighted by Gasteiger charge is -2.10. The Morgan fingerprint density at radius 2 is 1.83 bits per heavy atom. The minimum Gasteiger partial charge on any atom is -0.497 e. The van der Waals surface area contributed by atoms with E-state index in [-0.39, 0.29) is 0 Å². The molecule has 0 saturated carbocycles. The van der Waals surface area contributed by atoms with Gasteiger partial charge in [0.2, 0.25) is 5.13 Å². The summed E-state index contributed by atoms with van der Waals surface area (Å²) in [5.74, 6) is 1.57. The largest absolute Gasteiger partial charge is 0.497 e. The molecule has 0 amide bonds. The van der Waals surface area contributed by atoms with Crippen molar-refractivity contribution >= 4 is 22.7 Å². The predicted molar refractivity (Wildman–Crippen MR) is 123 cm³/mol. The van der Waals surface area contributed by atoms with Crippen molar-refractivity contribution in [2.45, 2.75) is 6.61 Å². The quantitative estimate of drug-likeness (QED) is 0.290. The summed E-state index contributed by atoms with van der Waals surface area (Å²) in [6, 6.07) is 25.7. The minimum atomic E-state index is 0.447. The third-order valence-corrected chi connectivity index (χ3v) is 5.13. The summed E-state index contributed by atoms with van der Waals surface area (Å²) >= 11 is 1.52. The Kier molecular flexibility index (Phi) is 6.37. The Labute approximate surface area is 179 Å². The fourth-order valence-corrected chi connectivity index (χ4v) is 3.53. The fourth-order valence-electron chi connectivity index (χ4n) is 2.87. The monoisotopic (exact) mass is 415 g/mol. The van der Waals surface area contributed by atoms with Crippen molar-refractivity contribution < 1.29 is 9.47 Å². The maximum Gasteiger partial charge on any atom is 0.203 e. The highest BCUT2D eigenvalue weighted by atomic mass is 32.1. The summed E-state index contributed by atoms with van der Waals surface area (Å²) in [5.41, 5.74) is 6.94. The molecule has 0 atom stereocenters. The van der Waals surface area contributed by atoms with Crippen LogP contribution in [0.25, 0.3) is 11.3 Å². The summed E-state index contributed by atoms with van der Waals surface area (Å²) in [4.78, 5) is 4.58. The molecule has 3 aromatic carbocycles. The third-order valence-electron chi connectivity index (χ3n) is 4.39. The van der Waals surface area contributed by atoms with E-state index in [4.69, 9.17) is 9.47 Å². The second-order valence-corrected chi connectivity index (χ2v) is 7.31. The molecule has 0 spiro atoms. The SMILES string of the molecule is COc1cccc(COc2ccccc2C=NNc2nc(-c3ccccc3)cs2)c1. The number of para-hydroxylation sites is 1. The van der Waals surface area contributed by atoms with Crippen LogP contribution in [-0.4, -0.2) is 18.3 Å². The zero-order valence-corrected chi connectivity index (χ0v) is 17.3. The Hall–Kier alpha value is -3.64. The number of hydrogen-bond acceptors (Lipinski definition) is 6. The number of hydrazone groups is 1. The van der Waals surface area contributed by atoms with Crippen LogP contribution in [0.15, 0.2) is 89.3 Å².